The maximum Gasteiger partial charge on any atom is 0.332 e. The molecule has 68 valence electrons. The summed E-state index contributed by atoms with van der Waals surface area (Å²) < 4.78 is 21.0. The van der Waals surface area contributed by atoms with Crippen molar-refractivity contribution >= 4 is 39.5 Å². The second-order valence-electron chi connectivity index (χ2n) is 1.71. The molecule has 0 aliphatic carbocycles. The molecule has 0 aliphatic rings. The summed E-state index contributed by atoms with van der Waals surface area (Å²) in [5, 5.41) is 0. The van der Waals surface area contributed by atoms with E-state index in [1.54, 1.807) is 13.8 Å². The Morgan fingerprint density at radius 3 is 2.27 bits per heavy atom. The Kier molecular flexibility index (Phi) is 6.28. The monoisotopic (exact) mass is 308 g/mol. The molecule has 6 heteroatoms. The summed E-state index contributed by atoms with van der Waals surface area (Å²) in [5.41, 5.74) is 0. The lowest BCUT2D eigenvalue weighted by molar-refractivity contribution is 0.233. The molecule has 0 rings (SSSR count). The fraction of sp³-hybridized carbons (Fsp3) is 1.00. The topological polar surface area (TPSA) is 35.5 Å². The molecular formula is C5H11Br2O3P. The largest absolute Gasteiger partial charge is 0.332 e. The van der Waals surface area contributed by atoms with Gasteiger partial charge in [-0.3, -0.25) is 9.09 Å². The quantitative estimate of drug-likeness (QED) is 0.577. The second kappa shape index (κ2) is 5.70. The zero-order chi connectivity index (χ0) is 8.91. The van der Waals surface area contributed by atoms with Crippen molar-refractivity contribution in [3.63, 3.8) is 0 Å². The Bertz CT molecular complexity index is 151. The van der Waals surface area contributed by atoms with E-state index in [0.717, 1.165) is 0 Å². The number of hydrogen-bond donors (Lipinski definition) is 0. The minimum Gasteiger partial charge on any atom is -0.309 e. The Morgan fingerprint density at radius 2 is 2.00 bits per heavy atom. The highest BCUT2D eigenvalue weighted by Gasteiger charge is 2.23. The van der Waals surface area contributed by atoms with Gasteiger partial charge in [0.2, 0.25) is 0 Å². The van der Waals surface area contributed by atoms with Crippen LogP contribution in [0.15, 0.2) is 0 Å². The van der Waals surface area contributed by atoms with Gasteiger partial charge in [0.25, 0.3) is 0 Å². The Balaban J connectivity index is 4.00. The standard InChI is InChI=1S/C5H11Br2O3P/c1-3-9-11(8,4-2)10-5(6)7/h5H,3-4H2,1-2H3. The first-order valence-corrected chi connectivity index (χ1v) is 6.80. The number of rotatable bonds is 5. The first-order valence-electron chi connectivity index (χ1n) is 3.24. The van der Waals surface area contributed by atoms with Crippen molar-refractivity contribution in [2.24, 2.45) is 0 Å². The molecule has 0 saturated heterocycles. The van der Waals surface area contributed by atoms with Gasteiger partial charge < -0.3 is 4.52 Å². The summed E-state index contributed by atoms with van der Waals surface area (Å²) in [6, 6.07) is 0. The van der Waals surface area contributed by atoms with Crippen molar-refractivity contribution in [3.8, 4) is 0 Å². The summed E-state index contributed by atoms with van der Waals surface area (Å²) in [6.07, 6.45) is 0.383. The Labute approximate surface area is 83.6 Å². The molecule has 0 amide bonds. The molecule has 0 aliphatic heterocycles. The minimum atomic E-state index is -2.85. The lowest BCUT2D eigenvalue weighted by Crippen LogP contribution is -2.00. The minimum absolute atomic E-state index is 0.383. The van der Waals surface area contributed by atoms with E-state index in [1.165, 1.54) is 0 Å². The van der Waals surface area contributed by atoms with Crippen LogP contribution in [0.5, 0.6) is 0 Å². The van der Waals surface area contributed by atoms with Gasteiger partial charge in [0.15, 0.2) is 3.92 Å². The average molecular weight is 310 g/mol. The van der Waals surface area contributed by atoms with Crippen molar-refractivity contribution in [3.05, 3.63) is 0 Å². The molecular weight excluding hydrogens is 299 g/mol. The number of hydrogen-bond acceptors (Lipinski definition) is 3. The zero-order valence-electron chi connectivity index (χ0n) is 6.42. The average Bonchev–Trinajstić information content (AvgIpc) is 1.87. The van der Waals surface area contributed by atoms with Crippen LogP contribution in [0.3, 0.4) is 0 Å². The second-order valence-corrected chi connectivity index (χ2v) is 6.93. The van der Waals surface area contributed by atoms with E-state index >= 15 is 0 Å². The SMILES string of the molecule is CCOP(=O)(CC)OC(Br)Br. The molecule has 1 atom stereocenters. The summed E-state index contributed by atoms with van der Waals surface area (Å²) in [6.45, 7) is 3.94. The molecule has 1 unspecified atom stereocenters. The normalized spacial score (nSPS) is 16.8. The van der Waals surface area contributed by atoms with Gasteiger partial charge in [-0.2, -0.15) is 0 Å². The van der Waals surface area contributed by atoms with Gasteiger partial charge in [0.1, 0.15) is 0 Å². The van der Waals surface area contributed by atoms with Gasteiger partial charge in [-0.1, -0.05) is 6.92 Å². The highest BCUT2D eigenvalue weighted by Crippen LogP contribution is 2.50. The third-order valence-corrected chi connectivity index (χ3v) is 3.86. The van der Waals surface area contributed by atoms with Crippen LogP contribution in [0.25, 0.3) is 0 Å². The zero-order valence-corrected chi connectivity index (χ0v) is 10.5. The molecule has 0 saturated carbocycles. The highest BCUT2D eigenvalue weighted by atomic mass is 79.9. The van der Waals surface area contributed by atoms with E-state index in [1.807, 2.05) is 0 Å². The number of halogens is 2. The van der Waals surface area contributed by atoms with E-state index in [0.29, 0.717) is 12.8 Å². The van der Waals surface area contributed by atoms with Crippen LogP contribution in [-0.2, 0) is 13.6 Å². The van der Waals surface area contributed by atoms with Crippen LogP contribution < -0.4 is 0 Å². The van der Waals surface area contributed by atoms with Crippen molar-refractivity contribution in [1.82, 2.24) is 0 Å². The van der Waals surface area contributed by atoms with E-state index in [4.69, 9.17) is 9.05 Å². The van der Waals surface area contributed by atoms with Crippen molar-refractivity contribution in [1.29, 1.82) is 0 Å². The molecule has 0 heterocycles. The predicted molar refractivity (Wildman–Crippen MR) is 52.5 cm³/mol. The summed E-state index contributed by atoms with van der Waals surface area (Å²) in [7, 11) is -2.85. The maximum absolute atomic E-state index is 11.5. The molecule has 3 nitrogen and oxygen atoms in total. The molecule has 0 aromatic rings. The van der Waals surface area contributed by atoms with Crippen molar-refractivity contribution < 1.29 is 13.6 Å². The molecule has 0 aromatic heterocycles. The third kappa shape index (κ3) is 5.36. The summed E-state index contributed by atoms with van der Waals surface area (Å²) in [4.78, 5) is 0. The van der Waals surface area contributed by atoms with E-state index in [9.17, 15) is 4.57 Å². The molecule has 0 spiro atoms. The van der Waals surface area contributed by atoms with Crippen LogP contribution in [0.4, 0.5) is 0 Å². The highest BCUT2D eigenvalue weighted by molar-refractivity contribution is 9.24. The van der Waals surface area contributed by atoms with Crippen LogP contribution in [0.2, 0.25) is 0 Å². The van der Waals surface area contributed by atoms with Gasteiger partial charge in [-0.15, -0.1) is 0 Å². The van der Waals surface area contributed by atoms with Gasteiger partial charge in [0.05, 0.1) is 6.61 Å². The Hall–Kier alpha value is 1.11. The lowest BCUT2D eigenvalue weighted by atomic mass is 10.9. The molecule has 0 bridgehead atoms. The van der Waals surface area contributed by atoms with E-state index in [-0.39, 0.29) is 0 Å². The fourth-order valence-corrected chi connectivity index (χ4v) is 3.07. The van der Waals surface area contributed by atoms with Gasteiger partial charge in [-0.05, 0) is 38.8 Å². The molecule has 0 aromatic carbocycles. The van der Waals surface area contributed by atoms with Crippen molar-refractivity contribution in [2.75, 3.05) is 12.8 Å². The third-order valence-electron chi connectivity index (χ3n) is 0.953. The van der Waals surface area contributed by atoms with Gasteiger partial charge >= 0.3 is 7.60 Å². The van der Waals surface area contributed by atoms with E-state index < -0.39 is 11.5 Å². The van der Waals surface area contributed by atoms with E-state index in [2.05, 4.69) is 31.9 Å². The van der Waals surface area contributed by atoms with Crippen LogP contribution in [0.1, 0.15) is 13.8 Å². The molecule has 11 heavy (non-hydrogen) atoms. The molecule has 0 radical (unpaired) electrons. The molecule has 0 fully saturated rings. The summed E-state index contributed by atoms with van der Waals surface area (Å²) >= 11 is 6.13. The molecule has 0 N–H and O–H groups in total. The maximum atomic E-state index is 11.5. The first kappa shape index (κ1) is 12.1. The van der Waals surface area contributed by atoms with Crippen LogP contribution in [-0.4, -0.2) is 16.7 Å². The summed E-state index contributed by atoms with van der Waals surface area (Å²) in [5.74, 6) is 0. The van der Waals surface area contributed by atoms with Crippen molar-refractivity contribution in [2.45, 2.75) is 17.8 Å². The van der Waals surface area contributed by atoms with Gasteiger partial charge in [-0.25, -0.2) is 0 Å². The fourth-order valence-electron chi connectivity index (χ4n) is 0.514. The van der Waals surface area contributed by atoms with Gasteiger partial charge in [0, 0.05) is 6.16 Å². The number of alkyl halides is 2. The van der Waals surface area contributed by atoms with Crippen LogP contribution in [0, 0.1) is 0 Å². The smallest absolute Gasteiger partial charge is 0.309 e. The van der Waals surface area contributed by atoms with Crippen LogP contribution >= 0.6 is 39.5 Å². The Morgan fingerprint density at radius 1 is 1.45 bits per heavy atom. The first-order chi connectivity index (χ1) is 5.04. The predicted octanol–water partition coefficient (Wildman–Crippen LogP) is 3.33. The lowest BCUT2D eigenvalue weighted by Gasteiger charge is -2.16.